The molecule has 4 unspecified atom stereocenters. The van der Waals surface area contributed by atoms with Gasteiger partial charge in [0.1, 0.15) is 11.1 Å². The Hall–Kier alpha value is -5.18. The van der Waals surface area contributed by atoms with Gasteiger partial charge in [-0.1, -0.05) is 50.2 Å². The van der Waals surface area contributed by atoms with Crippen molar-refractivity contribution < 1.29 is 53.4 Å². The number of aromatic nitrogens is 4. The molecule has 0 aliphatic heterocycles. The number of nitrogens with zero attached hydrogens (tertiary/aromatic N) is 4. The first-order valence-corrected chi connectivity index (χ1v) is 22.2. The lowest BCUT2D eigenvalue weighted by Gasteiger charge is -2.37. The SMILES string of the molecule is CCC(c1ccc(C(F)(F)F)cc1)(C(C)O)n1ncc2c(NS(C)(=O)=O)cccc21.CCC(c1ccc(C(F)(F)F)cc1)(C(C)O)n1ncc2c(NS(C)(=O)=O)cccc21. The van der Waals surface area contributed by atoms with Crippen molar-refractivity contribution in [3.8, 4) is 0 Å². The Bertz CT molecular complexity index is 2500. The summed E-state index contributed by atoms with van der Waals surface area (Å²) in [4.78, 5) is 0. The van der Waals surface area contributed by atoms with E-state index in [1.165, 1.54) is 36.7 Å². The first kappa shape index (κ1) is 45.9. The number of rotatable bonds is 12. The molecule has 0 aliphatic carbocycles. The van der Waals surface area contributed by atoms with Gasteiger partial charge in [-0.05, 0) is 86.3 Å². The van der Waals surface area contributed by atoms with Crippen molar-refractivity contribution in [2.45, 2.75) is 76.2 Å². The molecule has 2 aromatic heterocycles. The molecule has 0 saturated heterocycles. The van der Waals surface area contributed by atoms with Crippen LogP contribution in [0.5, 0.6) is 0 Å². The molecule has 0 saturated carbocycles. The van der Waals surface area contributed by atoms with Crippen LogP contribution < -0.4 is 9.44 Å². The summed E-state index contributed by atoms with van der Waals surface area (Å²) in [7, 11) is -7.06. The van der Waals surface area contributed by atoms with Crippen molar-refractivity contribution in [2.24, 2.45) is 0 Å². The molecule has 0 aliphatic rings. The average Bonchev–Trinajstić information content (AvgIpc) is 3.78. The maximum absolute atomic E-state index is 13.0. The van der Waals surface area contributed by atoms with Crippen LogP contribution in [-0.4, -0.2) is 71.3 Å². The predicted molar refractivity (Wildman–Crippen MR) is 217 cm³/mol. The van der Waals surface area contributed by atoms with Gasteiger partial charge in [-0.25, -0.2) is 16.8 Å². The standard InChI is InChI=1S/2C20H22F3N3O3S/c2*1-4-19(13(2)27,14-8-10-15(11-9-14)20(21,22)23)26-18-7-5-6-17(16(18)12-24-26)25-30(3,28)29/h2*5-13,25,27H,4H2,1-3H3. The molecule has 324 valence electrons. The third-order valence-corrected chi connectivity index (χ3v) is 11.6. The van der Waals surface area contributed by atoms with Gasteiger partial charge >= 0.3 is 12.4 Å². The summed E-state index contributed by atoms with van der Waals surface area (Å²) in [5, 5.41) is 31.3. The summed E-state index contributed by atoms with van der Waals surface area (Å²) in [6.45, 7) is 6.70. The third-order valence-electron chi connectivity index (χ3n) is 10.5. The normalized spacial score (nSPS) is 15.7. The van der Waals surface area contributed by atoms with E-state index in [1.807, 2.05) is 0 Å². The molecule has 6 rings (SSSR count). The van der Waals surface area contributed by atoms with Crippen molar-refractivity contribution >= 4 is 53.2 Å². The monoisotopic (exact) mass is 882 g/mol. The molecular weight excluding hydrogens is 839 g/mol. The van der Waals surface area contributed by atoms with Crippen molar-refractivity contribution in [3.05, 3.63) is 120 Å². The Morgan fingerprint density at radius 2 is 0.867 bits per heavy atom. The molecule has 6 aromatic rings. The molecule has 12 nitrogen and oxygen atoms in total. The van der Waals surface area contributed by atoms with E-state index in [-0.39, 0.29) is 0 Å². The molecule has 20 heteroatoms. The molecule has 0 bridgehead atoms. The number of hydrogen-bond donors (Lipinski definition) is 4. The topological polar surface area (TPSA) is 168 Å². The first-order valence-electron chi connectivity index (χ1n) is 18.4. The van der Waals surface area contributed by atoms with Crippen LogP contribution in [0.25, 0.3) is 21.8 Å². The van der Waals surface area contributed by atoms with Gasteiger partial charge in [-0.2, -0.15) is 36.5 Å². The Balaban J connectivity index is 0.000000228. The van der Waals surface area contributed by atoms with Crippen molar-refractivity contribution in [1.29, 1.82) is 0 Å². The van der Waals surface area contributed by atoms with E-state index in [1.54, 1.807) is 73.5 Å². The lowest BCUT2D eigenvalue weighted by atomic mass is 9.82. The van der Waals surface area contributed by atoms with E-state index in [0.29, 0.717) is 57.1 Å². The van der Waals surface area contributed by atoms with Gasteiger partial charge in [-0.15, -0.1) is 0 Å². The summed E-state index contributed by atoms with van der Waals surface area (Å²) in [5.41, 5.74) is -1.26. The molecule has 4 aromatic carbocycles. The second-order valence-corrected chi connectivity index (χ2v) is 17.9. The maximum Gasteiger partial charge on any atom is 0.416 e. The highest BCUT2D eigenvalue weighted by molar-refractivity contribution is 7.92. The summed E-state index contributed by atoms with van der Waals surface area (Å²) >= 11 is 0. The molecule has 4 N–H and O–H groups in total. The van der Waals surface area contributed by atoms with Gasteiger partial charge < -0.3 is 10.2 Å². The number of hydrogen-bond acceptors (Lipinski definition) is 8. The minimum Gasteiger partial charge on any atom is -0.391 e. The smallest absolute Gasteiger partial charge is 0.391 e. The first-order chi connectivity index (χ1) is 27.8. The maximum atomic E-state index is 13.0. The fourth-order valence-corrected chi connectivity index (χ4v) is 8.75. The molecule has 2 heterocycles. The fraction of sp³-hybridized carbons (Fsp3) is 0.350. The van der Waals surface area contributed by atoms with E-state index in [0.717, 1.165) is 36.8 Å². The molecule has 0 radical (unpaired) electrons. The minimum absolute atomic E-state index is 0.323. The van der Waals surface area contributed by atoms with E-state index in [4.69, 9.17) is 0 Å². The number of fused-ring (bicyclic) bond motifs is 2. The molecule has 0 fully saturated rings. The highest BCUT2D eigenvalue weighted by Crippen LogP contribution is 2.41. The Labute approximate surface area is 342 Å². The molecule has 0 spiro atoms. The molecule has 0 amide bonds. The Kier molecular flexibility index (Phi) is 12.8. The zero-order chi connectivity index (χ0) is 44.6. The number of halogens is 6. The number of sulfonamides is 2. The van der Waals surface area contributed by atoms with E-state index >= 15 is 0 Å². The van der Waals surface area contributed by atoms with E-state index in [2.05, 4.69) is 19.6 Å². The highest BCUT2D eigenvalue weighted by Gasteiger charge is 2.42. The molecule has 4 atom stereocenters. The number of benzene rings is 4. The number of alkyl halides is 6. The van der Waals surface area contributed by atoms with Crippen LogP contribution in [0.15, 0.2) is 97.3 Å². The van der Waals surface area contributed by atoms with Gasteiger partial charge in [0, 0.05) is 10.8 Å². The highest BCUT2D eigenvalue weighted by atomic mass is 32.2. The van der Waals surface area contributed by atoms with Gasteiger partial charge in [0.25, 0.3) is 0 Å². The number of anilines is 2. The van der Waals surface area contributed by atoms with Crippen molar-refractivity contribution in [2.75, 3.05) is 22.0 Å². The Morgan fingerprint density at radius 3 is 1.12 bits per heavy atom. The van der Waals surface area contributed by atoms with E-state index < -0.39 is 66.8 Å². The van der Waals surface area contributed by atoms with Crippen LogP contribution in [0, 0.1) is 0 Å². The van der Waals surface area contributed by atoms with E-state index in [9.17, 15) is 53.4 Å². The van der Waals surface area contributed by atoms with Gasteiger partial charge in [0.15, 0.2) is 0 Å². The summed E-state index contributed by atoms with van der Waals surface area (Å²) in [6, 6.07) is 19.1. The number of aliphatic hydroxyl groups excluding tert-OH is 2. The Morgan fingerprint density at radius 1 is 0.567 bits per heavy atom. The number of nitrogens with one attached hydrogen (secondary N) is 2. The van der Waals surface area contributed by atoms with Crippen LogP contribution >= 0.6 is 0 Å². The zero-order valence-corrected chi connectivity index (χ0v) is 34.8. The van der Waals surface area contributed by atoms with Gasteiger partial charge in [0.05, 0.1) is 70.6 Å². The van der Waals surface area contributed by atoms with Crippen LogP contribution in [0.2, 0.25) is 0 Å². The molecule has 60 heavy (non-hydrogen) atoms. The average molecular weight is 883 g/mol. The summed E-state index contributed by atoms with van der Waals surface area (Å²) < 4.78 is 133. The van der Waals surface area contributed by atoms with Gasteiger partial charge in [0.2, 0.25) is 20.0 Å². The summed E-state index contributed by atoms with van der Waals surface area (Å²) in [5.74, 6) is 0. The van der Waals surface area contributed by atoms with Crippen molar-refractivity contribution in [3.63, 3.8) is 0 Å². The van der Waals surface area contributed by atoms with Crippen LogP contribution in [0.1, 0.15) is 62.8 Å². The quantitative estimate of drug-likeness (QED) is 0.0900. The third kappa shape index (κ3) is 9.10. The fourth-order valence-electron chi connectivity index (χ4n) is 7.59. The van der Waals surface area contributed by atoms with Crippen LogP contribution in [0.3, 0.4) is 0 Å². The zero-order valence-electron chi connectivity index (χ0n) is 33.2. The number of aliphatic hydroxyl groups is 2. The van der Waals surface area contributed by atoms with Crippen molar-refractivity contribution in [1.82, 2.24) is 19.6 Å². The lowest BCUT2D eigenvalue weighted by Crippen LogP contribution is -2.45. The summed E-state index contributed by atoms with van der Waals surface area (Å²) in [6.07, 6.45) is -5.28. The van der Waals surface area contributed by atoms with Gasteiger partial charge in [-0.3, -0.25) is 18.8 Å². The lowest BCUT2D eigenvalue weighted by molar-refractivity contribution is -0.138. The minimum atomic E-state index is -4.47. The predicted octanol–water partition coefficient (Wildman–Crippen LogP) is 7.92. The van der Waals surface area contributed by atoms with Crippen LogP contribution in [-0.2, 0) is 43.5 Å². The van der Waals surface area contributed by atoms with Crippen LogP contribution in [0.4, 0.5) is 37.7 Å². The molecular formula is C40H44F6N6O6S2. The largest absolute Gasteiger partial charge is 0.416 e. The second kappa shape index (κ2) is 16.7. The second-order valence-electron chi connectivity index (χ2n) is 14.4.